The summed E-state index contributed by atoms with van der Waals surface area (Å²) in [6, 6.07) is 29.8. The number of nitrogens with zero attached hydrogens (tertiary/aromatic N) is 2. The number of amides is 1. The van der Waals surface area contributed by atoms with Gasteiger partial charge in [0.15, 0.2) is 0 Å². The van der Waals surface area contributed by atoms with Crippen molar-refractivity contribution < 1.29 is 23.6 Å². The van der Waals surface area contributed by atoms with E-state index < -0.39 is 0 Å². The van der Waals surface area contributed by atoms with Crippen LogP contribution in [-0.2, 0) is 18.8 Å². The van der Waals surface area contributed by atoms with Crippen molar-refractivity contribution in [3.8, 4) is 22.6 Å². The van der Waals surface area contributed by atoms with Gasteiger partial charge in [0.2, 0.25) is 0 Å². The zero-order valence-electron chi connectivity index (χ0n) is 16.5. The number of carbonyl (C=O) groups excluding carboxylic acids is 1. The molecule has 0 aliphatic rings. The molecule has 2 heterocycles. The van der Waals surface area contributed by atoms with Gasteiger partial charge in [-0.05, 0) is 42.3 Å². The number of halogens is 1. The second-order valence-electron chi connectivity index (χ2n) is 6.28. The van der Waals surface area contributed by atoms with Gasteiger partial charge in [-0.15, -0.1) is 29.8 Å². The van der Waals surface area contributed by atoms with Gasteiger partial charge in [-0.1, -0.05) is 41.3 Å². The van der Waals surface area contributed by atoms with Crippen LogP contribution in [0.2, 0.25) is 0 Å². The minimum atomic E-state index is -0.254. The molecule has 31 heavy (non-hydrogen) atoms. The van der Waals surface area contributed by atoms with Crippen molar-refractivity contribution in [3.63, 3.8) is 0 Å². The molecule has 0 aliphatic carbocycles. The summed E-state index contributed by atoms with van der Waals surface area (Å²) in [6.07, 6.45) is 2.04. The van der Waals surface area contributed by atoms with Crippen molar-refractivity contribution >= 4 is 32.8 Å². The molecule has 4 rings (SSSR count). The van der Waals surface area contributed by atoms with E-state index in [9.17, 15) is 4.79 Å². The molecule has 0 unspecified atom stereocenters. The predicted molar refractivity (Wildman–Crippen MR) is 124 cm³/mol. The van der Waals surface area contributed by atoms with Crippen LogP contribution in [0.15, 0.2) is 89.8 Å². The molecule has 1 N–H and O–H groups in total. The van der Waals surface area contributed by atoms with Gasteiger partial charge in [0.25, 0.3) is 5.91 Å². The molecule has 7 heteroatoms. The number of hydrogen-bond acceptors (Lipinski definition) is 4. The second kappa shape index (κ2) is 11.8. The van der Waals surface area contributed by atoms with Crippen LogP contribution in [0.5, 0.6) is 0 Å². The molecule has 4 aromatic rings. The maximum atomic E-state index is 12.5. The van der Waals surface area contributed by atoms with Gasteiger partial charge in [-0.25, -0.2) is 4.98 Å². The van der Waals surface area contributed by atoms with Gasteiger partial charge in [0.05, 0.1) is 11.4 Å². The van der Waals surface area contributed by atoms with E-state index in [-0.39, 0.29) is 5.91 Å². The summed E-state index contributed by atoms with van der Waals surface area (Å²) in [4.78, 5) is 22.9. The molecule has 0 spiro atoms. The van der Waals surface area contributed by atoms with E-state index >= 15 is 0 Å². The van der Waals surface area contributed by atoms with E-state index in [1.807, 2.05) is 79.1 Å². The van der Waals surface area contributed by atoms with Gasteiger partial charge in [-0.3, -0.25) is 9.78 Å². The van der Waals surface area contributed by atoms with E-state index in [1.165, 1.54) is 0 Å². The first kappa shape index (κ1) is 23.2. The first-order valence-electron chi connectivity index (χ1n) is 9.22. The van der Waals surface area contributed by atoms with Crippen molar-refractivity contribution in [2.24, 2.45) is 0 Å². The summed E-state index contributed by atoms with van der Waals surface area (Å²) in [7, 11) is 4.61. The van der Waals surface area contributed by atoms with E-state index in [4.69, 9.17) is 4.98 Å². The number of para-hydroxylation sites is 1. The van der Waals surface area contributed by atoms with Crippen LogP contribution >= 0.6 is 21.2 Å². The van der Waals surface area contributed by atoms with Crippen LogP contribution in [-0.4, -0.2) is 22.1 Å². The monoisotopic (exact) mass is 626 g/mol. The van der Waals surface area contributed by atoms with Crippen LogP contribution in [0.4, 0.5) is 5.69 Å². The first-order valence-corrected chi connectivity index (χ1v) is 13.3. The molecular formula is C24H18ClN3OPtS. The number of rotatable bonds is 5. The van der Waals surface area contributed by atoms with Crippen molar-refractivity contribution in [1.82, 2.24) is 9.97 Å². The molecular weight excluding hydrogens is 609 g/mol. The Morgan fingerprint density at radius 1 is 0.871 bits per heavy atom. The molecule has 2 aromatic heterocycles. The number of hydrogen-bond donors (Lipinski definition) is 1. The molecule has 0 radical (unpaired) electrons. The summed E-state index contributed by atoms with van der Waals surface area (Å²) < 4.78 is 0. The molecule has 0 saturated heterocycles. The van der Waals surface area contributed by atoms with Gasteiger partial charge >= 0.3 is 28.2 Å². The fraction of sp³-hybridized carbons (Fsp3) is 0.0417. The second-order valence-corrected chi connectivity index (χ2v) is 7.16. The summed E-state index contributed by atoms with van der Waals surface area (Å²) >= 11 is 3.29. The Labute approximate surface area is 201 Å². The van der Waals surface area contributed by atoms with Crippen LogP contribution in [0.1, 0.15) is 10.5 Å². The molecule has 1 amide bonds. The van der Waals surface area contributed by atoms with Crippen LogP contribution in [0.25, 0.3) is 22.6 Å². The van der Waals surface area contributed by atoms with Gasteiger partial charge < -0.3 is 5.32 Å². The van der Waals surface area contributed by atoms with Crippen LogP contribution in [0.3, 0.4) is 0 Å². The topological polar surface area (TPSA) is 54.9 Å². The summed E-state index contributed by atoms with van der Waals surface area (Å²) in [5.41, 5.74) is 4.16. The number of pyridine rings is 2. The van der Waals surface area contributed by atoms with Gasteiger partial charge in [0.1, 0.15) is 5.69 Å². The van der Waals surface area contributed by atoms with E-state index in [1.54, 1.807) is 36.6 Å². The fourth-order valence-electron chi connectivity index (χ4n) is 2.84. The van der Waals surface area contributed by atoms with E-state index in [0.717, 1.165) is 21.8 Å². The SMILES string of the molecule is CSc1c[c-]c(-c2cccc(-c3cccc(C(=O)Nc4ccccc4)n3)n2)cc1.[Cl][Pt+]. The number of thioether (sulfide) groups is 1. The third-order valence-corrected chi connectivity index (χ3v) is 5.05. The Kier molecular flexibility index (Phi) is 8.83. The van der Waals surface area contributed by atoms with Gasteiger partial charge in [-0.2, -0.15) is 11.8 Å². The number of aromatic nitrogens is 2. The quantitative estimate of drug-likeness (QED) is 0.210. The fourth-order valence-corrected chi connectivity index (χ4v) is 3.23. The number of benzene rings is 2. The maximum absolute atomic E-state index is 12.5. The van der Waals surface area contributed by atoms with E-state index in [0.29, 0.717) is 17.1 Å². The van der Waals surface area contributed by atoms with Crippen LogP contribution < -0.4 is 5.32 Å². The molecule has 0 bridgehead atoms. The third-order valence-electron chi connectivity index (χ3n) is 4.32. The Morgan fingerprint density at radius 3 is 2.23 bits per heavy atom. The molecule has 2 aromatic carbocycles. The summed E-state index contributed by atoms with van der Waals surface area (Å²) in [5, 5.41) is 2.86. The number of anilines is 1. The van der Waals surface area contributed by atoms with Crippen LogP contribution in [0, 0.1) is 6.07 Å². The Balaban J connectivity index is 0.00000132. The zero-order chi connectivity index (χ0) is 22.1. The molecule has 0 atom stereocenters. The molecule has 0 aliphatic heterocycles. The van der Waals surface area contributed by atoms with Crippen molar-refractivity contribution in [2.75, 3.05) is 11.6 Å². The molecule has 4 nitrogen and oxygen atoms in total. The summed E-state index contributed by atoms with van der Waals surface area (Å²) in [6.45, 7) is 0. The third kappa shape index (κ3) is 6.27. The van der Waals surface area contributed by atoms with E-state index in [2.05, 4.69) is 31.9 Å². The number of nitrogens with one attached hydrogen (secondary N) is 1. The standard InChI is InChI=1S/C24H18N3OS.ClH.Pt/c1-29-19-15-13-17(14-16-19)20-9-5-10-21(26-20)22-11-6-12-23(27-22)24(28)25-18-7-3-2-4-8-18;;/h2-13,15-16H,1H3,(H,25,28);1H;/q-1;;+2/p-1. The van der Waals surface area contributed by atoms with Crippen molar-refractivity contribution in [1.29, 1.82) is 0 Å². The normalized spacial score (nSPS) is 10.1. The van der Waals surface area contributed by atoms with Gasteiger partial charge in [0, 0.05) is 5.69 Å². The summed E-state index contributed by atoms with van der Waals surface area (Å²) in [5.74, 6) is -0.254. The minimum absolute atomic E-state index is 0.254. The van der Waals surface area contributed by atoms with Crippen molar-refractivity contribution in [3.05, 3.63) is 96.7 Å². The zero-order valence-corrected chi connectivity index (χ0v) is 20.3. The Bertz CT molecular complexity index is 1140. The molecule has 0 saturated carbocycles. The predicted octanol–water partition coefficient (Wildman–Crippen LogP) is 6.27. The first-order chi connectivity index (χ1) is 15.2. The molecule has 158 valence electrons. The average Bonchev–Trinajstić information content (AvgIpc) is 2.86. The number of carbonyl (C=O) groups is 1. The Morgan fingerprint density at radius 2 is 1.55 bits per heavy atom. The average molecular weight is 627 g/mol. The van der Waals surface area contributed by atoms with Crippen molar-refractivity contribution in [2.45, 2.75) is 4.90 Å². The molecule has 0 fully saturated rings. The Hall–Kier alpha value is -2.46.